The highest BCUT2D eigenvalue weighted by molar-refractivity contribution is 6.12. The molecule has 0 radical (unpaired) electrons. The van der Waals surface area contributed by atoms with Crippen molar-refractivity contribution in [2.45, 2.75) is 13.8 Å². The molecule has 0 saturated carbocycles. The Morgan fingerprint density at radius 1 is 0.879 bits per heavy atom. The number of pyridine rings is 1. The average Bonchev–Trinajstić information content (AvgIpc) is 3.14. The lowest BCUT2D eigenvalue weighted by Crippen LogP contribution is -2.18. The van der Waals surface area contributed by atoms with Crippen molar-refractivity contribution in [2.24, 2.45) is 0 Å². The molecule has 7 heteroatoms. The summed E-state index contributed by atoms with van der Waals surface area (Å²) in [4.78, 5) is 30.3. The third kappa shape index (κ3) is 4.62. The Labute approximate surface area is 192 Å². The van der Waals surface area contributed by atoms with Crippen LogP contribution >= 0.6 is 0 Å². The van der Waals surface area contributed by atoms with E-state index in [0.29, 0.717) is 28.3 Å². The van der Waals surface area contributed by atoms with Crippen LogP contribution in [0.2, 0.25) is 0 Å². The standard InChI is InChI=1S/C26H24N4O3/c1-17-14-23(18(2)30(17)20-9-7-13-27-16-20)26(32)29-24-12-5-4-11-22(24)25(31)28-19-8-6-10-21(15-19)33-3/h4-16H,1-3H3,(H,28,31)(H,29,32). The number of methoxy groups -OCH3 is 1. The number of hydrogen-bond donors (Lipinski definition) is 2. The van der Waals surface area contributed by atoms with Crippen molar-refractivity contribution >= 4 is 23.2 Å². The fourth-order valence-electron chi connectivity index (χ4n) is 3.76. The van der Waals surface area contributed by atoms with Gasteiger partial charge in [0, 0.05) is 29.3 Å². The number of carbonyl (C=O) groups is 2. The first-order valence-corrected chi connectivity index (χ1v) is 10.4. The molecule has 0 bridgehead atoms. The first kappa shape index (κ1) is 21.8. The number of aryl methyl sites for hydroxylation is 1. The molecule has 0 saturated heterocycles. The van der Waals surface area contributed by atoms with E-state index in [1.165, 1.54) is 0 Å². The minimum atomic E-state index is -0.333. The van der Waals surface area contributed by atoms with Gasteiger partial charge in [0.05, 0.1) is 35.8 Å². The highest BCUT2D eigenvalue weighted by Crippen LogP contribution is 2.24. The van der Waals surface area contributed by atoms with Gasteiger partial charge in [0.15, 0.2) is 0 Å². The number of amides is 2. The number of aromatic nitrogens is 2. The predicted octanol–water partition coefficient (Wildman–Crippen LogP) is 5.00. The molecule has 33 heavy (non-hydrogen) atoms. The Kier molecular flexibility index (Phi) is 6.22. The van der Waals surface area contributed by atoms with E-state index < -0.39 is 0 Å². The van der Waals surface area contributed by atoms with Crippen LogP contribution in [0.1, 0.15) is 32.1 Å². The molecule has 0 unspecified atom stereocenters. The van der Waals surface area contributed by atoms with Crippen LogP contribution in [0.4, 0.5) is 11.4 Å². The van der Waals surface area contributed by atoms with Crippen LogP contribution in [0.3, 0.4) is 0 Å². The van der Waals surface area contributed by atoms with Gasteiger partial charge in [-0.1, -0.05) is 18.2 Å². The fourth-order valence-corrected chi connectivity index (χ4v) is 3.76. The second kappa shape index (κ2) is 9.40. The summed E-state index contributed by atoms with van der Waals surface area (Å²) in [5.41, 5.74) is 4.49. The maximum atomic E-state index is 13.2. The van der Waals surface area contributed by atoms with Crippen LogP contribution in [0.25, 0.3) is 5.69 Å². The van der Waals surface area contributed by atoms with Crippen molar-refractivity contribution < 1.29 is 14.3 Å². The highest BCUT2D eigenvalue weighted by atomic mass is 16.5. The largest absolute Gasteiger partial charge is 0.497 e. The minimum absolute atomic E-state index is 0.292. The van der Waals surface area contributed by atoms with E-state index in [-0.39, 0.29) is 11.8 Å². The van der Waals surface area contributed by atoms with E-state index in [9.17, 15) is 9.59 Å². The number of benzene rings is 2. The normalized spacial score (nSPS) is 10.5. The van der Waals surface area contributed by atoms with Gasteiger partial charge in [-0.3, -0.25) is 14.6 Å². The lowest BCUT2D eigenvalue weighted by Gasteiger charge is -2.12. The van der Waals surface area contributed by atoms with Gasteiger partial charge in [0.1, 0.15) is 5.75 Å². The molecular formula is C26H24N4O3. The van der Waals surface area contributed by atoms with Gasteiger partial charge >= 0.3 is 0 Å². The molecular weight excluding hydrogens is 416 g/mol. The van der Waals surface area contributed by atoms with Gasteiger partial charge < -0.3 is 19.9 Å². The van der Waals surface area contributed by atoms with Gasteiger partial charge in [-0.15, -0.1) is 0 Å². The van der Waals surface area contributed by atoms with E-state index in [0.717, 1.165) is 17.1 Å². The van der Waals surface area contributed by atoms with Gasteiger partial charge in [0.2, 0.25) is 0 Å². The number of para-hydroxylation sites is 1. The van der Waals surface area contributed by atoms with E-state index in [1.807, 2.05) is 36.6 Å². The number of ether oxygens (including phenoxy) is 1. The molecule has 4 rings (SSSR count). The molecule has 7 nitrogen and oxygen atoms in total. The quantitative estimate of drug-likeness (QED) is 0.442. The minimum Gasteiger partial charge on any atom is -0.497 e. The van der Waals surface area contributed by atoms with Gasteiger partial charge in [-0.25, -0.2) is 0 Å². The van der Waals surface area contributed by atoms with E-state index in [4.69, 9.17) is 4.74 Å². The molecule has 0 aliphatic carbocycles. The third-order valence-electron chi connectivity index (χ3n) is 5.33. The van der Waals surface area contributed by atoms with Crippen LogP contribution in [0.5, 0.6) is 5.75 Å². The Bertz CT molecular complexity index is 1310. The van der Waals surface area contributed by atoms with Crippen molar-refractivity contribution in [3.8, 4) is 11.4 Å². The first-order chi connectivity index (χ1) is 16.0. The van der Waals surface area contributed by atoms with E-state index in [1.54, 1.807) is 68.0 Å². The maximum Gasteiger partial charge on any atom is 0.257 e. The van der Waals surface area contributed by atoms with Crippen LogP contribution < -0.4 is 15.4 Å². The van der Waals surface area contributed by atoms with Gasteiger partial charge in [-0.2, -0.15) is 0 Å². The monoisotopic (exact) mass is 440 g/mol. The molecule has 0 aliphatic heterocycles. The van der Waals surface area contributed by atoms with Crippen LogP contribution in [0.15, 0.2) is 79.1 Å². The molecule has 4 aromatic rings. The smallest absolute Gasteiger partial charge is 0.257 e. The second-order valence-electron chi connectivity index (χ2n) is 7.52. The predicted molar refractivity (Wildman–Crippen MR) is 128 cm³/mol. The third-order valence-corrected chi connectivity index (χ3v) is 5.33. The number of anilines is 2. The zero-order valence-electron chi connectivity index (χ0n) is 18.6. The Morgan fingerprint density at radius 3 is 2.42 bits per heavy atom. The lowest BCUT2D eigenvalue weighted by molar-refractivity contribution is 0.102. The van der Waals surface area contributed by atoms with Crippen molar-refractivity contribution in [2.75, 3.05) is 17.7 Å². The number of carbonyl (C=O) groups excluding carboxylic acids is 2. The summed E-state index contributed by atoms with van der Waals surface area (Å²) in [6.45, 7) is 3.82. The van der Waals surface area contributed by atoms with Crippen molar-refractivity contribution in [1.29, 1.82) is 0 Å². The lowest BCUT2D eigenvalue weighted by atomic mass is 10.1. The zero-order chi connectivity index (χ0) is 23.4. The summed E-state index contributed by atoms with van der Waals surface area (Å²) in [5.74, 6) is 0.0122. The number of hydrogen-bond acceptors (Lipinski definition) is 4. The molecule has 166 valence electrons. The molecule has 2 aromatic carbocycles. The Balaban J connectivity index is 1.58. The summed E-state index contributed by atoms with van der Waals surface area (Å²) < 4.78 is 7.18. The number of nitrogens with zero attached hydrogens (tertiary/aromatic N) is 2. The SMILES string of the molecule is COc1cccc(NC(=O)c2ccccc2NC(=O)c2cc(C)n(-c3cccnc3)c2C)c1. The average molecular weight is 441 g/mol. The van der Waals surface area contributed by atoms with Gasteiger partial charge in [-0.05, 0) is 56.3 Å². The summed E-state index contributed by atoms with van der Waals surface area (Å²) in [6.07, 6.45) is 3.46. The first-order valence-electron chi connectivity index (χ1n) is 10.4. The maximum absolute atomic E-state index is 13.2. The fraction of sp³-hybridized carbons (Fsp3) is 0.115. The Morgan fingerprint density at radius 2 is 1.67 bits per heavy atom. The molecule has 2 amide bonds. The molecule has 0 spiro atoms. The van der Waals surface area contributed by atoms with Crippen LogP contribution in [-0.4, -0.2) is 28.5 Å². The second-order valence-corrected chi connectivity index (χ2v) is 7.52. The topological polar surface area (TPSA) is 85.3 Å². The van der Waals surface area contributed by atoms with Crippen LogP contribution in [-0.2, 0) is 0 Å². The van der Waals surface area contributed by atoms with Gasteiger partial charge in [0.25, 0.3) is 11.8 Å². The Hall–Kier alpha value is -4.39. The molecule has 0 fully saturated rings. The summed E-state index contributed by atoms with van der Waals surface area (Å²) in [7, 11) is 1.57. The van der Waals surface area contributed by atoms with Crippen molar-refractivity contribution in [1.82, 2.24) is 9.55 Å². The molecule has 2 heterocycles. The van der Waals surface area contributed by atoms with E-state index in [2.05, 4.69) is 15.6 Å². The van der Waals surface area contributed by atoms with E-state index >= 15 is 0 Å². The molecule has 2 N–H and O–H groups in total. The number of rotatable bonds is 6. The summed E-state index contributed by atoms with van der Waals surface area (Å²) >= 11 is 0. The molecule has 0 aliphatic rings. The molecule has 2 aromatic heterocycles. The molecule has 0 atom stereocenters. The zero-order valence-corrected chi connectivity index (χ0v) is 18.6. The van der Waals surface area contributed by atoms with Crippen LogP contribution in [0, 0.1) is 13.8 Å². The highest BCUT2D eigenvalue weighted by Gasteiger charge is 2.19. The van der Waals surface area contributed by atoms with Crippen molar-refractivity contribution in [3.05, 3.63) is 102 Å². The van der Waals surface area contributed by atoms with Crippen molar-refractivity contribution in [3.63, 3.8) is 0 Å². The number of nitrogens with one attached hydrogen (secondary N) is 2. The summed E-state index contributed by atoms with van der Waals surface area (Å²) in [5, 5.41) is 5.75. The summed E-state index contributed by atoms with van der Waals surface area (Å²) in [6, 6.07) is 19.6.